The minimum atomic E-state index is -0.0849. The summed E-state index contributed by atoms with van der Waals surface area (Å²) in [6.45, 7) is 4.16. The number of benzene rings is 2. The van der Waals surface area contributed by atoms with E-state index in [-0.39, 0.29) is 11.9 Å². The van der Waals surface area contributed by atoms with E-state index >= 15 is 0 Å². The van der Waals surface area contributed by atoms with Gasteiger partial charge in [-0.15, -0.1) is 0 Å². The molecule has 24 heavy (non-hydrogen) atoms. The average Bonchev–Trinajstić information content (AvgIpc) is 3.05. The topological polar surface area (TPSA) is 61.0 Å². The van der Waals surface area contributed by atoms with Gasteiger partial charge in [0.25, 0.3) is 5.91 Å². The Bertz CT molecular complexity index is 853. The molecule has 2 aromatic carbocycles. The number of amides is 1. The fraction of sp³-hybridized carbons (Fsp3) is 0.263. The first-order valence-corrected chi connectivity index (χ1v) is 8.26. The Morgan fingerprint density at radius 1 is 1.17 bits per heavy atom. The Labute approximate surface area is 140 Å². The minimum absolute atomic E-state index is 0.0695. The molecule has 1 amide bonds. The maximum absolute atomic E-state index is 13.1. The van der Waals surface area contributed by atoms with Gasteiger partial charge in [-0.2, -0.15) is 0 Å². The first kappa shape index (κ1) is 14.9. The number of imidazole rings is 1. The number of carbonyl (C=O) groups is 1. The van der Waals surface area contributed by atoms with Crippen LogP contribution in [0.5, 0.6) is 0 Å². The Balaban J connectivity index is 1.70. The molecule has 0 bridgehead atoms. The van der Waals surface area contributed by atoms with Crippen LogP contribution >= 0.6 is 0 Å². The molecule has 1 fully saturated rings. The summed E-state index contributed by atoms with van der Waals surface area (Å²) in [5.41, 5.74) is 3.70. The molecule has 1 aromatic heterocycles. The number of hydrogen-bond donors (Lipinski definition) is 2. The maximum atomic E-state index is 13.1. The number of aromatic nitrogens is 2. The van der Waals surface area contributed by atoms with E-state index in [9.17, 15) is 4.79 Å². The molecule has 3 aromatic rings. The predicted octanol–water partition coefficient (Wildman–Crippen LogP) is 2.66. The second-order valence-corrected chi connectivity index (χ2v) is 6.17. The smallest absolute Gasteiger partial charge is 0.254 e. The van der Waals surface area contributed by atoms with Crippen molar-refractivity contribution in [2.24, 2.45) is 0 Å². The number of aryl methyl sites for hydroxylation is 1. The maximum Gasteiger partial charge on any atom is 0.254 e. The Morgan fingerprint density at radius 3 is 2.79 bits per heavy atom. The van der Waals surface area contributed by atoms with E-state index in [1.165, 1.54) is 0 Å². The zero-order chi connectivity index (χ0) is 16.5. The van der Waals surface area contributed by atoms with Gasteiger partial charge in [-0.3, -0.25) is 4.79 Å². The molecule has 4 rings (SSSR count). The van der Waals surface area contributed by atoms with Gasteiger partial charge in [0.15, 0.2) is 0 Å². The van der Waals surface area contributed by atoms with E-state index in [2.05, 4.69) is 10.3 Å². The SMILES string of the molecule is Cc1ccccc1C(=O)N1CCNCC1c1nc2ccccc2[nH]1. The second-order valence-electron chi connectivity index (χ2n) is 6.17. The lowest BCUT2D eigenvalue weighted by Crippen LogP contribution is -2.49. The van der Waals surface area contributed by atoms with Crippen LogP contribution in [-0.2, 0) is 0 Å². The van der Waals surface area contributed by atoms with Crippen molar-refractivity contribution >= 4 is 16.9 Å². The third kappa shape index (κ3) is 2.57. The highest BCUT2D eigenvalue weighted by Gasteiger charge is 2.31. The van der Waals surface area contributed by atoms with Crippen molar-refractivity contribution in [2.45, 2.75) is 13.0 Å². The van der Waals surface area contributed by atoms with Crippen LogP contribution in [0.2, 0.25) is 0 Å². The summed E-state index contributed by atoms with van der Waals surface area (Å²) in [5, 5.41) is 3.37. The van der Waals surface area contributed by atoms with Crippen molar-refractivity contribution in [3.8, 4) is 0 Å². The summed E-state index contributed by atoms with van der Waals surface area (Å²) in [6.07, 6.45) is 0. The molecule has 0 aliphatic carbocycles. The van der Waals surface area contributed by atoms with Crippen LogP contribution in [0.4, 0.5) is 0 Å². The fourth-order valence-electron chi connectivity index (χ4n) is 3.29. The van der Waals surface area contributed by atoms with Crippen LogP contribution in [0.1, 0.15) is 27.8 Å². The molecule has 5 nitrogen and oxygen atoms in total. The normalized spacial score (nSPS) is 18.0. The molecule has 1 aliphatic rings. The van der Waals surface area contributed by atoms with Gasteiger partial charge in [-0.1, -0.05) is 30.3 Å². The highest BCUT2D eigenvalue weighted by Crippen LogP contribution is 2.25. The van der Waals surface area contributed by atoms with Crippen molar-refractivity contribution in [3.05, 3.63) is 65.5 Å². The zero-order valence-corrected chi connectivity index (χ0v) is 13.6. The molecule has 5 heteroatoms. The lowest BCUT2D eigenvalue weighted by atomic mass is 10.1. The summed E-state index contributed by atoms with van der Waals surface area (Å²) >= 11 is 0. The highest BCUT2D eigenvalue weighted by molar-refractivity contribution is 5.96. The number of rotatable bonds is 2. The Hall–Kier alpha value is -2.66. The third-order valence-electron chi connectivity index (χ3n) is 4.60. The minimum Gasteiger partial charge on any atom is -0.340 e. The molecule has 0 saturated carbocycles. The van der Waals surface area contributed by atoms with Crippen LogP contribution < -0.4 is 5.32 Å². The number of hydrogen-bond acceptors (Lipinski definition) is 3. The molecule has 2 N–H and O–H groups in total. The van der Waals surface area contributed by atoms with Gasteiger partial charge < -0.3 is 15.2 Å². The summed E-state index contributed by atoms with van der Waals surface area (Å²) in [5.74, 6) is 0.908. The summed E-state index contributed by atoms with van der Waals surface area (Å²) < 4.78 is 0. The molecular formula is C19H20N4O. The Kier molecular flexibility index (Phi) is 3.78. The van der Waals surface area contributed by atoms with E-state index in [1.807, 2.05) is 60.4 Å². The van der Waals surface area contributed by atoms with Gasteiger partial charge >= 0.3 is 0 Å². The number of aromatic amines is 1. The molecular weight excluding hydrogens is 300 g/mol. The van der Waals surface area contributed by atoms with E-state index in [0.717, 1.165) is 34.5 Å². The number of nitrogens with zero attached hydrogens (tertiary/aromatic N) is 2. The van der Waals surface area contributed by atoms with Gasteiger partial charge in [0.05, 0.1) is 11.0 Å². The van der Waals surface area contributed by atoms with Crippen molar-refractivity contribution in [1.82, 2.24) is 20.2 Å². The standard InChI is InChI=1S/C19H20N4O/c1-13-6-2-3-7-14(13)19(24)23-11-10-20-12-17(23)18-21-15-8-4-5-9-16(15)22-18/h2-9,17,20H,10-12H2,1H3,(H,21,22). The van der Waals surface area contributed by atoms with Crippen LogP contribution in [0.25, 0.3) is 11.0 Å². The van der Waals surface area contributed by atoms with Gasteiger partial charge in [-0.05, 0) is 30.7 Å². The van der Waals surface area contributed by atoms with E-state index in [4.69, 9.17) is 4.98 Å². The number of fused-ring (bicyclic) bond motifs is 1. The molecule has 1 aliphatic heterocycles. The first-order valence-electron chi connectivity index (χ1n) is 8.26. The van der Waals surface area contributed by atoms with Gasteiger partial charge in [0.2, 0.25) is 0 Å². The molecule has 2 heterocycles. The largest absolute Gasteiger partial charge is 0.340 e. The molecule has 122 valence electrons. The highest BCUT2D eigenvalue weighted by atomic mass is 16.2. The molecule has 0 spiro atoms. The summed E-state index contributed by atoms with van der Waals surface area (Å²) in [6, 6.07) is 15.6. The van der Waals surface area contributed by atoms with E-state index < -0.39 is 0 Å². The lowest BCUT2D eigenvalue weighted by Gasteiger charge is -2.35. The zero-order valence-electron chi connectivity index (χ0n) is 13.6. The quantitative estimate of drug-likeness (QED) is 0.763. The number of carbonyl (C=O) groups excluding carboxylic acids is 1. The van der Waals surface area contributed by atoms with Gasteiger partial charge in [-0.25, -0.2) is 4.98 Å². The summed E-state index contributed by atoms with van der Waals surface area (Å²) in [7, 11) is 0. The van der Waals surface area contributed by atoms with Crippen molar-refractivity contribution in [3.63, 3.8) is 0 Å². The van der Waals surface area contributed by atoms with Crippen LogP contribution in [-0.4, -0.2) is 40.4 Å². The molecule has 0 radical (unpaired) electrons. The molecule has 1 unspecified atom stereocenters. The lowest BCUT2D eigenvalue weighted by molar-refractivity contribution is 0.0624. The summed E-state index contributed by atoms with van der Waals surface area (Å²) in [4.78, 5) is 23.1. The first-order chi connectivity index (χ1) is 11.7. The number of nitrogens with one attached hydrogen (secondary N) is 2. The predicted molar refractivity (Wildman–Crippen MR) is 93.9 cm³/mol. The van der Waals surface area contributed by atoms with E-state index in [1.54, 1.807) is 0 Å². The third-order valence-corrected chi connectivity index (χ3v) is 4.60. The second kappa shape index (κ2) is 6.09. The number of para-hydroxylation sites is 2. The monoisotopic (exact) mass is 320 g/mol. The van der Waals surface area contributed by atoms with E-state index in [0.29, 0.717) is 13.1 Å². The van der Waals surface area contributed by atoms with Crippen LogP contribution in [0.3, 0.4) is 0 Å². The number of H-pyrrole nitrogens is 1. The van der Waals surface area contributed by atoms with Crippen molar-refractivity contribution < 1.29 is 4.79 Å². The molecule has 1 saturated heterocycles. The molecule has 1 atom stereocenters. The van der Waals surface area contributed by atoms with Gasteiger partial charge in [0.1, 0.15) is 11.9 Å². The fourth-order valence-corrected chi connectivity index (χ4v) is 3.29. The van der Waals surface area contributed by atoms with Crippen LogP contribution in [0, 0.1) is 6.92 Å². The Morgan fingerprint density at radius 2 is 1.96 bits per heavy atom. The van der Waals surface area contributed by atoms with Gasteiger partial charge in [0, 0.05) is 25.2 Å². The van der Waals surface area contributed by atoms with Crippen LogP contribution in [0.15, 0.2) is 48.5 Å². The number of piperazine rings is 1. The van der Waals surface area contributed by atoms with Crippen molar-refractivity contribution in [1.29, 1.82) is 0 Å². The van der Waals surface area contributed by atoms with Crippen molar-refractivity contribution in [2.75, 3.05) is 19.6 Å². The average molecular weight is 320 g/mol.